The molecular formula is C12H21N3O2S. The Morgan fingerprint density at radius 3 is 2.89 bits per heavy atom. The van der Waals surface area contributed by atoms with Crippen LogP contribution in [0.15, 0.2) is 5.38 Å². The lowest BCUT2D eigenvalue weighted by molar-refractivity contribution is -0.124. The molecule has 0 bridgehead atoms. The summed E-state index contributed by atoms with van der Waals surface area (Å²) in [6, 6.07) is 0.201. The first-order valence-corrected chi connectivity index (χ1v) is 6.98. The van der Waals surface area contributed by atoms with Gasteiger partial charge in [-0.05, 0) is 26.8 Å². The number of aromatic nitrogens is 1. The fraction of sp³-hybridized carbons (Fsp3) is 0.667. The Hall–Kier alpha value is -0.980. The van der Waals surface area contributed by atoms with Gasteiger partial charge in [-0.2, -0.15) is 0 Å². The molecule has 2 N–H and O–H groups in total. The summed E-state index contributed by atoms with van der Waals surface area (Å²) in [5, 5.41) is 8.67. The molecule has 0 aliphatic heterocycles. The lowest BCUT2D eigenvalue weighted by Gasteiger charge is -2.10. The van der Waals surface area contributed by atoms with E-state index in [4.69, 9.17) is 4.74 Å². The van der Waals surface area contributed by atoms with Gasteiger partial charge in [0.1, 0.15) is 6.10 Å². The molecule has 0 saturated heterocycles. The first-order chi connectivity index (χ1) is 8.58. The van der Waals surface area contributed by atoms with Crippen LogP contribution in [0.2, 0.25) is 0 Å². The van der Waals surface area contributed by atoms with Gasteiger partial charge in [0.15, 0.2) is 5.13 Å². The van der Waals surface area contributed by atoms with E-state index in [-0.39, 0.29) is 11.9 Å². The zero-order chi connectivity index (χ0) is 13.5. The van der Waals surface area contributed by atoms with Crippen molar-refractivity contribution in [1.29, 1.82) is 0 Å². The third-order valence-corrected chi connectivity index (χ3v) is 3.39. The van der Waals surface area contributed by atoms with E-state index in [1.54, 1.807) is 6.92 Å². The molecule has 1 heterocycles. The molecule has 0 aliphatic rings. The standard InChI is InChI=1S/C12H21N3O2S/c1-5-6-13-8(2)10-7-18-12(14-10)15-11(16)9(3)17-4/h7-9,13H,5-6H2,1-4H3,(H,14,15,16). The molecule has 0 spiro atoms. The topological polar surface area (TPSA) is 63.2 Å². The number of methoxy groups -OCH3 is 1. The summed E-state index contributed by atoms with van der Waals surface area (Å²) < 4.78 is 4.94. The number of thiazole rings is 1. The van der Waals surface area contributed by atoms with Crippen LogP contribution >= 0.6 is 11.3 Å². The molecule has 1 aromatic heterocycles. The average molecular weight is 271 g/mol. The number of hydrogen-bond acceptors (Lipinski definition) is 5. The van der Waals surface area contributed by atoms with Gasteiger partial charge in [-0.15, -0.1) is 11.3 Å². The van der Waals surface area contributed by atoms with Gasteiger partial charge in [0.05, 0.1) is 5.69 Å². The third-order valence-electron chi connectivity index (χ3n) is 2.62. The van der Waals surface area contributed by atoms with Crippen molar-refractivity contribution >= 4 is 22.4 Å². The van der Waals surface area contributed by atoms with Gasteiger partial charge >= 0.3 is 0 Å². The minimum Gasteiger partial charge on any atom is -0.372 e. The molecule has 0 saturated carbocycles. The molecule has 1 aromatic rings. The normalized spacial score (nSPS) is 14.2. The largest absolute Gasteiger partial charge is 0.372 e. The Balaban J connectivity index is 2.55. The van der Waals surface area contributed by atoms with Crippen molar-refractivity contribution in [1.82, 2.24) is 10.3 Å². The Morgan fingerprint density at radius 2 is 2.28 bits per heavy atom. The van der Waals surface area contributed by atoms with Crippen LogP contribution in [0.25, 0.3) is 0 Å². The number of rotatable bonds is 7. The maximum absolute atomic E-state index is 11.6. The molecule has 5 nitrogen and oxygen atoms in total. The molecule has 0 fully saturated rings. The molecule has 1 rings (SSSR count). The maximum Gasteiger partial charge on any atom is 0.254 e. The van der Waals surface area contributed by atoms with Gasteiger partial charge in [-0.1, -0.05) is 6.92 Å². The fourth-order valence-corrected chi connectivity index (χ4v) is 2.13. The molecule has 0 radical (unpaired) electrons. The van der Waals surface area contributed by atoms with E-state index in [0.717, 1.165) is 18.7 Å². The Kier molecular flexibility index (Phi) is 6.24. The second-order valence-corrected chi connectivity index (χ2v) is 4.98. The van der Waals surface area contributed by atoms with E-state index >= 15 is 0 Å². The van der Waals surface area contributed by atoms with E-state index in [1.807, 2.05) is 5.38 Å². The molecule has 2 atom stereocenters. The average Bonchev–Trinajstić information content (AvgIpc) is 2.83. The highest BCUT2D eigenvalue weighted by atomic mass is 32.1. The third kappa shape index (κ3) is 4.36. The first-order valence-electron chi connectivity index (χ1n) is 6.11. The van der Waals surface area contributed by atoms with Crippen molar-refractivity contribution in [2.24, 2.45) is 0 Å². The van der Waals surface area contributed by atoms with Crippen molar-refractivity contribution in [3.8, 4) is 0 Å². The summed E-state index contributed by atoms with van der Waals surface area (Å²) in [4.78, 5) is 16.0. The lowest BCUT2D eigenvalue weighted by Crippen LogP contribution is -2.26. The minimum absolute atomic E-state index is 0.174. The summed E-state index contributed by atoms with van der Waals surface area (Å²) in [6.07, 6.45) is 0.622. The van der Waals surface area contributed by atoms with Crippen LogP contribution in [0.1, 0.15) is 38.9 Å². The molecule has 6 heteroatoms. The Morgan fingerprint density at radius 1 is 1.56 bits per heavy atom. The monoisotopic (exact) mass is 271 g/mol. The number of amides is 1. The van der Waals surface area contributed by atoms with Crippen LogP contribution in [0.4, 0.5) is 5.13 Å². The molecule has 0 aromatic carbocycles. The van der Waals surface area contributed by atoms with Gasteiger partial charge < -0.3 is 10.1 Å². The maximum atomic E-state index is 11.6. The number of nitrogens with zero attached hydrogens (tertiary/aromatic N) is 1. The number of hydrogen-bond donors (Lipinski definition) is 2. The second kappa shape index (κ2) is 7.45. The quantitative estimate of drug-likeness (QED) is 0.798. The van der Waals surface area contributed by atoms with Crippen LogP contribution in [-0.2, 0) is 9.53 Å². The second-order valence-electron chi connectivity index (χ2n) is 4.12. The summed E-state index contributed by atoms with van der Waals surface area (Å²) in [7, 11) is 1.51. The predicted octanol–water partition coefficient (Wildman–Crippen LogP) is 2.18. The number of nitrogens with one attached hydrogen (secondary N) is 2. The number of anilines is 1. The Bertz CT molecular complexity index is 381. The van der Waals surface area contributed by atoms with Crippen LogP contribution in [0.5, 0.6) is 0 Å². The van der Waals surface area contributed by atoms with Crippen molar-refractivity contribution in [3.63, 3.8) is 0 Å². The van der Waals surface area contributed by atoms with Crippen molar-refractivity contribution < 1.29 is 9.53 Å². The summed E-state index contributed by atoms with van der Waals surface area (Å²) in [5.41, 5.74) is 0.953. The zero-order valence-electron chi connectivity index (χ0n) is 11.3. The SMILES string of the molecule is CCCNC(C)c1csc(NC(=O)C(C)OC)n1. The van der Waals surface area contributed by atoms with E-state index in [9.17, 15) is 4.79 Å². The van der Waals surface area contributed by atoms with E-state index in [2.05, 4.69) is 29.5 Å². The molecule has 1 amide bonds. The molecular weight excluding hydrogens is 250 g/mol. The van der Waals surface area contributed by atoms with Crippen molar-refractivity contribution in [2.75, 3.05) is 19.0 Å². The van der Waals surface area contributed by atoms with Crippen molar-refractivity contribution in [3.05, 3.63) is 11.1 Å². The molecule has 2 unspecified atom stereocenters. The van der Waals surface area contributed by atoms with Crippen LogP contribution in [-0.4, -0.2) is 30.6 Å². The van der Waals surface area contributed by atoms with Crippen LogP contribution < -0.4 is 10.6 Å². The fourth-order valence-electron chi connectivity index (χ4n) is 1.32. The van der Waals surface area contributed by atoms with Gasteiger partial charge in [-0.3, -0.25) is 10.1 Å². The molecule has 102 valence electrons. The predicted molar refractivity (Wildman–Crippen MR) is 73.9 cm³/mol. The van der Waals surface area contributed by atoms with Crippen molar-refractivity contribution in [2.45, 2.75) is 39.3 Å². The van der Waals surface area contributed by atoms with E-state index < -0.39 is 6.10 Å². The lowest BCUT2D eigenvalue weighted by atomic mass is 10.2. The molecule has 0 aliphatic carbocycles. The minimum atomic E-state index is -0.465. The highest BCUT2D eigenvalue weighted by molar-refractivity contribution is 7.13. The van der Waals surface area contributed by atoms with Gasteiger partial charge in [0.2, 0.25) is 0 Å². The number of ether oxygens (including phenoxy) is 1. The smallest absolute Gasteiger partial charge is 0.254 e. The Labute approximate surface area is 112 Å². The van der Waals surface area contributed by atoms with Crippen LogP contribution in [0.3, 0.4) is 0 Å². The zero-order valence-corrected chi connectivity index (χ0v) is 12.1. The van der Waals surface area contributed by atoms with E-state index in [0.29, 0.717) is 5.13 Å². The summed E-state index contributed by atoms with van der Waals surface area (Å²) >= 11 is 1.43. The van der Waals surface area contributed by atoms with Gasteiger partial charge in [0, 0.05) is 18.5 Å². The highest BCUT2D eigenvalue weighted by Crippen LogP contribution is 2.20. The number of carbonyl (C=O) groups excluding carboxylic acids is 1. The van der Waals surface area contributed by atoms with E-state index in [1.165, 1.54) is 18.4 Å². The van der Waals surface area contributed by atoms with Crippen LogP contribution in [0, 0.1) is 0 Å². The molecule has 18 heavy (non-hydrogen) atoms. The number of carbonyl (C=O) groups is 1. The highest BCUT2D eigenvalue weighted by Gasteiger charge is 2.15. The van der Waals surface area contributed by atoms with Gasteiger partial charge in [0.25, 0.3) is 5.91 Å². The van der Waals surface area contributed by atoms with Gasteiger partial charge in [-0.25, -0.2) is 4.98 Å². The first kappa shape index (κ1) is 15.1. The summed E-state index contributed by atoms with van der Waals surface area (Å²) in [6.45, 7) is 6.85. The summed E-state index contributed by atoms with van der Waals surface area (Å²) in [5.74, 6) is -0.174.